The van der Waals surface area contributed by atoms with E-state index in [-0.39, 0.29) is 6.54 Å². The molecule has 0 atom stereocenters. The maximum absolute atomic E-state index is 10.3. The van der Waals surface area contributed by atoms with Crippen molar-refractivity contribution in [1.29, 1.82) is 0 Å². The molecular weight excluding hydrogens is 190 g/mol. The van der Waals surface area contributed by atoms with Gasteiger partial charge in [-0.1, -0.05) is 0 Å². The van der Waals surface area contributed by atoms with Gasteiger partial charge in [0.1, 0.15) is 5.76 Å². The van der Waals surface area contributed by atoms with E-state index < -0.39 is 9.24 Å². The molecule has 0 aliphatic carbocycles. The molecule has 1 N–H and O–H groups in total. The Kier molecular flexibility index (Phi) is 2.53. The van der Waals surface area contributed by atoms with Crippen LogP contribution in [-0.4, -0.2) is 8.42 Å². The van der Waals surface area contributed by atoms with Gasteiger partial charge in [0.2, 0.25) is 0 Å². The molecule has 11 heavy (non-hydrogen) atoms. The predicted octanol–water partition coefficient (Wildman–Crippen LogP) is 0.853. The zero-order valence-corrected chi connectivity index (χ0v) is 7.02. The number of rotatable bonds is 3. The average Bonchev–Trinajstić information content (AvgIpc) is 2.32. The summed E-state index contributed by atoms with van der Waals surface area (Å²) in [4.78, 5) is 0. The van der Waals surface area contributed by atoms with Gasteiger partial charge in [0, 0.05) is 10.7 Å². The summed E-state index contributed by atoms with van der Waals surface area (Å²) in [7, 11) is 1.23. The Hall–Kier alpha value is -0.520. The molecule has 62 valence electrons. The molecule has 1 rings (SSSR count). The van der Waals surface area contributed by atoms with Gasteiger partial charge in [0.15, 0.2) is 0 Å². The summed E-state index contributed by atoms with van der Waals surface area (Å²) in [6.45, 7) is 0.0822. The highest BCUT2D eigenvalue weighted by atomic mass is 35.7. The van der Waals surface area contributed by atoms with Crippen LogP contribution in [0.4, 0.5) is 0 Å². The summed E-state index contributed by atoms with van der Waals surface area (Å²) in [5.41, 5.74) is 0. The number of hydrogen-bond donors (Lipinski definition) is 1. The van der Waals surface area contributed by atoms with Crippen LogP contribution in [0.3, 0.4) is 0 Å². The quantitative estimate of drug-likeness (QED) is 0.728. The van der Waals surface area contributed by atoms with Crippen LogP contribution in [0.2, 0.25) is 0 Å². The highest BCUT2D eigenvalue weighted by Gasteiger charge is 2.03. The van der Waals surface area contributed by atoms with Crippen molar-refractivity contribution in [3.05, 3.63) is 24.2 Å². The summed E-state index contributed by atoms with van der Waals surface area (Å²) in [5.74, 6) is 0.522. The lowest BCUT2D eigenvalue weighted by molar-refractivity contribution is 0.500. The first-order valence-electron chi connectivity index (χ1n) is 2.79. The van der Waals surface area contributed by atoms with Crippen LogP contribution in [0, 0.1) is 0 Å². The Morgan fingerprint density at radius 2 is 2.36 bits per heavy atom. The first kappa shape index (κ1) is 8.58. The third kappa shape index (κ3) is 3.41. The molecule has 0 unspecified atom stereocenters. The molecule has 0 aliphatic rings. The summed E-state index contributed by atoms with van der Waals surface area (Å²) in [6, 6.07) is 3.31. The van der Waals surface area contributed by atoms with Crippen LogP contribution in [-0.2, 0) is 15.8 Å². The molecule has 0 aromatic carbocycles. The number of hydrogen-bond acceptors (Lipinski definition) is 3. The Balaban J connectivity index is 2.48. The summed E-state index contributed by atoms with van der Waals surface area (Å²) < 4.78 is 27.6. The fraction of sp³-hybridized carbons (Fsp3) is 0.200. The maximum atomic E-state index is 10.3. The minimum atomic E-state index is -3.64. The molecule has 0 saturated heterocycles. The van der Waals surface area contributed by atoms with E-state index in [2.05, 4.69) is 4.72 Å². The van der Waals surface area contributed by atoms with Crippen LogP contribution in [0.15, 0.2) is 22.8 Å². The first-order chi connectivity index (χ1) is 5.08. The predicted molar refractivity (Wildman–Crippen MR) is 40.3 cm³/mol. The zero-order valence-electron chi connectivity index (χ0n) is 5.45. The average molecular weight is 196 g/mol. The first-order valence-corrected chi connectivity index (χ1v) is 5.10. The van der Waals surface area contributed by atoms with Gasteiger partial charge in [-0.2, -0.15) is 13.1 Å². The molecule has 0 fully saturated rings. The Bertz CT molecular complexity index is 304. The van der Waals surface area contributed by atoms with Gasteiger partial charge >= 0.3 is 0 Å². The minimum Gasteiger partial charge on any atom is -0.468 e. The highest BCUT2D eigenvalue weighted by molar-refractivity contribution is 8.12. The van der Waals surface area contributed by atoms with Crippen molar-refractivity contribution >= 4 is 19.9 Å². The van der Waals surface area contributed by atoms with Crippen molar-refractivity contribution in [2.75, 3.05) is 0 Å². The lowest BCUT2D eigenvalue weighted by Crippen LogP contribution is -2.16. The second kappa shape index (κ2) is 3.25. The van der Waals surface area contributed by atoms with Gasteiger partial charge in [-0.25, -0.2) is 0 Å². The van der Waals surface area contributed by atoms with E-state index in [1.807, 2.05) is 0 Å². The molecule has 0 saturated carbocycles. The number of nitrogens with one attached hydrogen (secondary N) is 1. The van der Waals surface area contributed by atoms with E-state index in [0.717, 1.165) is 0 Å². The molecule has 4 nitrogen and oxygen atoms in total. The fourth-order valence-electron chi connectivity index (χ4n) is 0.570. The molecule has 0 bridgehead atoms. The Labute approximate surface area is 68.7 Å². The summed E-state index contributed by atoms with van der Waals surface area (Å²) in [5, 5.41) is 0. The molecule has 1 aromatic rings. The maximum Gasteiger partial charge on any atom is 0.297 e. The van der Waals surface area contributed by atoms with Gasteiger partial charge in [-0.05, 0) is 12.1 Å². The fourth-order valence-corrected chi connectivity index (χ4v) is 1.05. The molecule has 0 radical (unpaired) electrons. The van der Waals surface area contributed by atoms with Gasteiger partial charge in [-0.15, -0.1) is 0 Å². The smallest absolute Gasteiger partial charge is 0.297 e. The van der Waals surface area contributed by atoms with E-state index in [1.54, 1.807) is 12.1 Å². The summed E-state index contributed by atoms with van der Waals surface area (Å²) in [6.07, 6.45) is 1.46. The van der Waals surface area contributed by atoms with Crippen molar-refractivity contribution in [2.24, 2.45) is 0 Å². The topological polar surface area (TPSA) is 59.3 Å². The second-order valence-corrected chi connectivity index (χ2v) is 4.22. The van der Waals surface area contributed by atoms with Crippen LogP contribution in [0.1, 0.15) is 5.76 Å². The lowest BCUT2D eigenvalue weighted by Gasteiger charge is -1.94. The van der Waals surface area contributed by atoms with E-state index in [9.17, 15) is 8.42 Å². The van der Waals surface area contributed by atoms with Crippen molar-refractivity contribution in [3.63, 3.8) is 0 Å². The number of furan rings is 1. The van der Waals surface area contributed by atoms with Crippen LogP contribution in [0.5, 0.6) is 0 Å². The van der Waals surface area contributed by atoms with E-state index in [0.29, 0.717) is 5.76 Å². The summed E-state index contributed by atoms with van der Waals surface area (Å²) >= 11 is 0. The zero-order chi connectivity index (χ0) is 8.32. The Morgan fingerprint density at radius 3 is 2.82 bits per heavy atom. The van der Waals surface area contributed by atoms with E-state index >= 15 is 0 Å². The van der Waals surface area contributed by atoms with Gasteiger partial charge in [0.25, 0.3) is 9.24 Å². The van der Waals surface area contributed by atoms with Crippen molar-refractivity contribution in [2.45, 2.75) is 6.54 Å². The van der Waals surface area contributed by atoms with E-state index in [4.69, 9.17) is 15.1 Å². The molecule has 1 heterocycles. The lowest BCUT2D eigenvalue weighted by atomic mass is 10.5. The van der Waals surface area contributed by atoms with Crippen LogP contribution >= 0.6 is 10.7 Å². The monoisotopic (exact) mass is 195 g/mol. The van der Waals surface area contributed by atoms with Crippen molar-refractivity contribution in [1.82, 2.24) is 4.72 Å². The molecule has 0 aliphatic heterocycles. The highest BCUT2D eigenvalue weighted by Crippen LogP contribution is 2.00. The molecule has 1 aromatic heterocycles. The van der Waals surface area contributed by atoms with Crippen molar-refractivity contribution in [3.8, 4) is 0 Å². The van der Waals surface area contributed by atoms with Gasteiger partial charge < -0.3 is 4.42 Å². The number of halogens is 1. The van der Waals surface area contributed by atoms with E-state index in [1.165, 1.54) is 6.26 Å². The van der Waals surface area contributed by atoms with Gasteiger partial charge in [0.05, 0.1) is 12.8 Å². The van der Waals surface area contributed by atoms with Crippen LogP contribution in [0.25, 0.3) is 0 Å². The molecular formula is C5H6ClNO3S. The third-order valence-corrected chi connectivity index (χ3v) is 1.82. The molecule has 0 spiro atoms. The third-order valence-electron chi connectivity index (χ3n) is 0.999. The normalized spacial score (nSPS) is 11.7. The Morgan fingerprint density at radius 1 is 1.64 bits per heavy atom. The second-order valence-electron chi connectivity index (χ2n) is 1.84. The minimum absolute atomic E-state index is 0.0822. The van der Waals surface area contributed by atoms with Gasteiger partial charge in [-0.3, -0.25) is 0 Å². The van der Waals surface area contributed by atoms with Crippen LogP contribution < -0.4 is 4.72 Å². The SMILES string of the molecule is O=S(=O)(Cl)NCc1ccco1. The largest absolute Gasteiger partial charge is 0.468 e. The van der Waals surface area contributed by atoms with Crippen molar-refractivity contribution < 1.29 is 12.8 Å². The molecule has 6 heteroatoms. The molecule has 0 amide bonds. The standard InChI is InChI=1S/C5H6ClNO3S/c6-11(8,9)7-4-5-2-1-3-10-5/h1-3,7H,4H2.